The van der Waals surface area contributed by atoms with Crippen molar-refractivity contribution in [3.63, 3.8) is 0 Å². The molecule has 0 saturated heterocycles. The number of pyridine rings is 1. The number of hydrogen-bond donors (Lipinski definition) is 1. The first-order chi connectivity index (χ1) is 9.13. The van der Waals surface area contributed by atoms with E-state index < -0.39 is 0 Å². The Bertz CT molecular complexity index is 471. The second-order valence-electron chi connectivity index (χ2n) is 5.31. The lowest BCUT2D eigenvalue weighted by Gasteiger charge is -2.22. The van der Waals surface area contributed by atoms with Crippen LogP contribution in [0.15, 0.2) is 6.07 Å². The van der Waals surface area contributed by atoms with Crippen molar-refractivity contribution >= 4 is 23.0 Å². The van der Waals surface area contributed by atoms with Crippen LogP contribution in [0.1, 0.15) is 49.4 Å². The Morgan fingerprint density at radius 3 is 2.89 bits per heavy atom. The van der Waals surface area contributed by atoms with Crippen LogP contribution in [0.5, 0.6) is 0 Å². The Kier molecular flexibility index (Phi) is 4.75. The molecule has 0 amide bonds. The summed E-state index contributed by atoms with van der Waals surface area (Å²) in [5.74, 6) is 0.962. The van der Waals surface area contributed by atoms with Gasteiger partial charge in [0.25, 0.3) is 0 Å². The number of aryl methyl sites for hydroxylation is 2. The standard InChI is InChI=1S/C15H23N3S/c1-3-4-5-9-18(2)15-12(14(16)19)10-11-7-6-8-13(11)17-15/h10H,3-9H2,1-2H3,(H2,16,19). The molecule has 1 aliphatic rings. The minimum atomic E-state index is 0.458. The predicted octanol–water partition coefficient (Wildman–Crippen LogP) is 2.83. The van der Waals surface area contributed by atoms with Gasteiger partial charge in [-0.3, -0.25) is 0 Å². The number of nitrogens with two attached hydrogens (primary N) is 1. The first-order valence-corrected chi connectivity index (χ1v) is 7.58. The molecule has 0 unspecified atom stereocenters. The lowest BCUT2D eigenvalue weighted by atomic mass is 10.1. The van der Waals surface area contributed by atoms with Gasteiger partial charge in [-0.15, -0.1) is 0 Å². The number of hydrogen-bond acceptors (Lipinski definition) is 3. The van der Waals surface area contributed by atoms with Crippen molar-refractivity contribution in [2.24, 2.45) is 5.73 Å². The van der Waals surface area contributed by atoms with Gasteiger partial charge in [0.2, 0.25) is 0 Å². The quantitative estimate of drug-likeness (QED) is 0.641. The highest BCUT2D eigenvalue weighted by Gasteiger charge is 2.19. The van der Waals surface area contributed by atoms with Crippen LogP contribution < -0.4 is 10.6 Å². The fourth-order valence-electron chi connectivity index (χ4n) is 2.64. The fraction of sp³-hybridized carbons (Fsp3) is 0.600. The van der Waals surface area contributed by atoms with E-state index in [0.29, 0.717) is 4.99 Å². The van der Waals surface area contributed by atoms with E-state index in [2.05, 4.69) is 24.9 Å². The second kappa shape index (κ2) is 6.33. The first-order valence-electron chi connectivity index (χ1n) is 7.17. The summed E-state index contributed by atoms with van der Waals surface area (Å²) in [7, 11) is 2.08. The molecule has 0 aromatic carbocycles. The summed E-state index contributed by atoms with van der Waals surface area (Å²) < 4.78 is 0. The van der Waals surface area contributed by atoms with Crippen molar-refractivity contribution < 1.29 is 0 Å². The summed E-state index contributed by atoms with van der Waals surface area (Å²) >= 11 is 5.19. The van der Waals surface area contributed by atoms with Gasteiger partial charge in [0.15, 0.2) is 0 Å². The number of fused-ring (bicyclic) bond motifs is 1. The molecule has 2 N–H and O–H groups in total. The molecule has 1 aromatic heterocycles. The zero-order chi connectivity index (χ0) is 13.8. The summed E-state index contributed by atoms with van der Waals surface area (Å²) in [6.07, 6.45) is 7.05. The van der Waals surface area contributed by atoms with Crippen LogP contribution >= 0.6 is 12.2 Å². The Morgan fingerprint density at radius 1 is 1.42 bits per heavy atom. The molecule has 3 nitrogen and oxygen atoms in total. The summed E-state index contributed by atoms with van der Waals surface area (Å²) in [4.78, 5) is 7.47. The molecule has 1 aromatic rings. The Hall–Kier alpha value is -1.16. The smallest absolute Gasteiger partial charge is 0.138 e. The number of unbranched alkanes of at least 4 members (excludes halogenated alkanes) is 2. The zero-order valence-electron chi connectivity index (χ0n) is 11.9. The van der Waals surface area contributed by atoms with Crippen LogP contribution in [0.25, 0.3) is 0 Å². The van der Waals surface area contributed by atoms with E-state index in [1.807, 2.05) is 0 Å². The van der Waals surface area contributed by atoms with Gasteiger partial charge in [-0.1, -0.05) is 32.0 Å². The van der Waals surface area contributed by atoms with Crippen LogP contribution in [0, 0.1) is 0 Å². The monoisotopic (exact) mass is 277 g/mol. The molecule has 0 spiro atoms. The third-order valence-electron chi connectivity index (χ3n) is 3.75. The van der Waals surface area contributed by atoms with Crippen LogP contribution in [0.3, 0.4) is 0 Å². The summed E-state index contributed by atoms with van der Waals surface area (Å²) in [6.45, 7) is 3.23. The van der Waals surface area contributed by atoms with Crippen molar-refractivity contribution in [3.05, 3.63) is 22.9 Å². The molecule has 0 bridgehead atoms. The van der Waals surface area contributed by atoms with Gasteiger partial charge < -0.3 is 10.6 Å². The number of nitrogens with zero attached hydrogens (tertiary/aromatic N) is 2. The largest absolute Gasteiger partial charge is 0.389 e. The predicted molar refractivity (Wildman–Crippen MR) is 84.9 cm³/mol. The second-order valence-corrected chi connectivity index (χ2v) is 5.75. The number of anilines is 1. The van der Waals surface area contributed by atoms with Crippen LogP contribution in [0.2, 0.25) is 0 Å². The molecular formula is C15H23N3S. The SMILES string of the molecule is CCCCCN(C)c1nc2c(cc1C(N)=S)CCC2. The van der Waals surface area contributed by atoms with Crippen molar-refractivity contribution in [3.8, 4) is 0 Å². The molecule has 2 rings (SSSR count). The average molecular weight is 277 g/mol. The van der Waals surface area contributed by atoms with Crippen molar-refractivity contribution in [1.82, 2.24) is 4.98 Å². The third kappa shape index (κ3) is 3.24. The average Bonchev–Trinajstić information content (AvgIpc) is 2.84. The zero-order valence-corrected chi connectivity index (χ0v) is 12.7. The highest BCUT2D eigenvalue weighted by atomic mass is 32.1. The topological polar surface area (TPSA) is 42.2 Å². The molecule has 0 atom stereocenters. The van der Waals surface area contributed by atoms with E-state index in [0.717, 1.165) is 30.8 Å². The van der Waals surface area contributed by atoms with Crippen LogP contribution in [-0.4, -0.2) is 23.6 Å². The summed E-state index contributed by atoms with van der Waals surface area (Å²) in [6, 6.07) is 2.16. The summed E-state index contributed by atoms with van der Waals surface area (Å²) in [5, 5.41) is 0. The lowest BCUT2D eigenvalue weighted by Crippen LogP contribution is -2.25. The Balaban J connectivity index is 2.24. The van der Waals surface area contributed by atoms with Gasteiger partial charge in [0.05, 0.1) is 5.56 Å². The van der Waals surface area contributed by atoms with E-state index in [4.69, 9.17) is 22.9 Å². The maximum Gasteiger partial charge on any atom is 0.138 e. The minimum absolute atomic E-state index is 0.458. The van der Waals surface area contributed by atoms with Gasteiger partial charge in [0, 0.05) is 19.3 Å². The molecule has 1 heterocycles. The van der Waals surface area contributed by atoms with Gasteiger partial charge in [-0.25, -0.2) is 4.98 Å². The molecule has 19 heavy (non-hydrogen) atoms. The highest BCUT2D eigenvalue weighted by molar-refractivity contribution is 7.80. The lowest BCUT2D eigenvalue weighted by molar-refractivity contribution is 0.700. The molecule has 104 valence electrons. The normalized spacial score (nSPS) is 13.4. The van der Waals surface area contributed by atoms with E-state index >= 15 is 0 Å². The molecule has 0 aliphatic heterocycles. The van der Waals surface area contributed by atoms with Gasteiger partial charge in [-0.05, 0) is 37.3 Å². The fourth-order valence-corrected chi connectivity index (χ4v) is 2.79. The molecule has 0 fully saturated rings. The number of aromatic nitrogens is 1. The Morgan fingerprint density at radius 2 is 2.21 bits per heavy atom. The van der Waals surface area contributed by atoms with Crippen molar-refractivity contribution in [2.75, 3.05) is 18.5 Å². The Labute approximate surface area is 121 Å². The van der Waals surface area contributed by atoms with Crippen molar-refractivity contribution in [2.45, 2.75) is 45.4 Å². The van der Waals surface area contributed by atoms with Crippen LogP contribution in [0.4, 0.5) is 5.82 Å². The maximum atomic E-state index is 5.87. The van der Waals surface area contributed by atoms with Gasteiger partial charge >= 0.3 is 0 Å². The van der Waals surface area contributed by atoms with Crippen LogP contribution in [-0.2, 0) is 12.8 Å². The molecular weight excluding hydrogens is 254 g/mol. The molecule has 0 radical (unpaired) electrons. The minimum Gasteiger partial charge on any atom is -0.389 e. The van der Waals surface area contributed by atoms with Crippen molar-refractivity contribution in [1.29, 1.82) is 0 Å². The van der Waals surface area contributed by atoms with Gasteiger partial charge in [0.1, 0.15) is 10.8 Å². The van der Waals surface area contributed by atoms with E-state index in [1.54, 1.807) is 0 Å². The summed E-state index contributed by atoms with van der Waals surface area (Å²) in [5.41, 5.74) is 9.37. The number of rotatable bonds is 6. The van der Waals surface area contributed by atoms with E-state index in [9.17, 15) is 0 Å². The van der Waals surface area contributed by atoms with E-state index in [-0.39, 0.29) is 0 Å². The van der Waals surface area contributed by atoms with E-state index in [1.165, 1.54) is 36.9 Å². The molecule has 0 saturated carbocycles. The molecule has 1 aliphatic carbocycles. The maximum absolute atomic E-state index is 5.87. The highest BCUT2D eigenvalue weighted by Crippen LogP contribution is 2.27. The first kappa shape index (κ1) is 14.3. The number of thiocarbonyl (C=S) groups is 1. The van der Waals surface area contributed by atoms with Gasteiger partial charge in [-0.2, -0.15) is 0 Å². The third-order valence-corrected chi connectivity index (χ3v) is 3.97. The molecule has 4 heteroatoms.